The molecule has 2 nitrogen and oxygen atoms in total. The maximum absolute atomic E-state index is 5.76. The minimum absolute atomic E-state index is 0.245. The molecule has 0 amide bonds. The van der Waals surface area contributed by atoms with Crippen LogP contribution in [0.2, 0.25) is 0 Å². The van der Waals surface area contributed by atoms with Crippen molar-refractivity contribution in [2.75, 3.05) is 6.54 Å². The van der Waals surface area contributed by atoms with Gasteiger partial charge < -0.3 is 10.2 Å². The molecule has 84 valence electrons. The van der Waals surface area contributed by atoms with E-state index in [0.29, 0.717) is 0 Å². The molecule has 1 aliphatic carbocycles. The van der Waals surface area contributed by atoms with Crippen LogP contribution in [-0.2, 0) is 5.41 Å². The molecule has 2 heteroatoms. The Morgan fingerprint density at radius 2 is 1.93 bits per heavy atom. The van der Waals surface area contributed by atoms with E-state index in [9.17, 15) is 0 Å². The summed E-state index contributed by atoms with van der Waals surface area (Å²) in [4.78, 5) is 0. The Bertz CT molecular complexity index is 271. The van der Waals surface area contributed by atoms with Crippen LogP contribution < -0.4 is 5.73 Å². The summed E-state index contributed by atoms with van der Waals surface area (Å²) >= 11 is 0. The summed E-state index contributed by atoms with van der Waals surface area (Å²) in [5.41, 5.74) is 6.00. The van der Waals surface area contributed by atoms with Crippen molar-refractivity contribution >= 4 is 0 Å². The quantitative estimate of drug-likeness (QED) is 0.773. The van der Waals surface area contributed by atoms with Crippen LogP contribution in [0, 0.1) is 0 Å². The first-order valence-corrected chi connectivity index (χ1v) is 6.11. The molecular formula is C13H21NO. The third-order valence-electron chi connectivity index (χ3n) is 3.73. The van der Waals surface area contributed by atoms with Crippen LogP contribution in [0.3, 0.4) is 0 Å². The Balaban J connectivity index is 2.21. The predicted octanol–water partition coefficient (Wildman–Crippen LogP) is 3.22. The van der Waals surface area contributed by atoms with Gasteiger partial charge in [0, 0.05) is 5.41 Å². The second-order valence-electron chi connectivity index (χ2n) is 4.71. The van der Waals surface area contributed by atoms with Crippen molar-refractivity contribution in [3.05, 3.63) is 24.2 Å². The van der Waals surface area contributed by atoms with Gasteiger partial charge in [-0.1, -0.05) is 25.7 Å². The second kappa shape index (κ2) is 4.84. The van der Waals surface area contributed by atoms with Crippen LogP contribution in [0.25, 0.3) is 0 Å². The Kier molecular flexibility index (Phi) is 3.47. The lowest BCUT2D eigenvalue weighted by atomic mass is 9.75. The molecule has 1 aliphatic rings. The molecule has 1 aromatic rings. The van der Waals surface area contributed by atoms with Crippen molar-refractivity contribution < 1.29 is 4.42 Å². The topological polar surface area (TPSA) is 39.2 Å². The number of nitrogens with two attached hydrogens (primary N) is 1. The normalized spacial score (nSPS) is 21.1. The molecule has 0 aromatic carbocycles. The van der Waals surface area contributed by atoms with E-state index >= 15 is 0 Å². The van der Waals surface area contributed by atoms with E-state index < -0.39 is 0 Å². The van der Waals surface area contributed by atoms with E-state index in [0.717, 1.165) is 18.7 Å². The highest BCUT2D eigenvalue weighted by molar-refractivity contribution is 5.14. The van der Waals surface area contributed by atoms with Crippen molar-refractivity contribution in [2.24, 2.45) is 5.73 Å². The zero-order valence-corrected chi connectivity index (χ0v) is 9.37. The van der Waals surface area contributed by atoms with E-state index in [1.807, 2.05) is 6.07 Å². The lowest BCUT2D eigenvalue weighted by Crippen LogP contribution is -2.28. The number of hydrogen-bond donors (Lipinski definition) is 1. The highest BCUT2D eigenvalue weighted by atomic mass is 16.3. The SMILES string of the molecule is NCCC1(c2ccco2)CCCCCC1. The molecule has 1 saturated carbocycles. The molecule has 0 aliphatic heterocycles. The van der Waals surface area contributed by atoms with Gasteiger partial charge in [-0.2, -0.15) is 0 Å². The summed E-state index contributed by atoms with van der Waals surface area (Å²) in [5.74, 6) is 1.16. The van der Waals surface area contributed by atoms with Gasteiger partial charge in [-0.15, -0.1) is 0 Å². The molecule has 0 saturated heterocycles. The lowest BCUT2D eigenvalue weighted by molar-refractivity contribution is 0.281. The molecule has 0 atom stereocenters. The Morgan fingerprint density at radius 1 is 1.20 bits per heavy atom. The zero-order valence-electron chi connectivity index (χ0n) is 9.37. The van der Waals surface area contributed by atoms with Gasteiger partial charge >= 0.3 is 0 Å². The van der Waals surface area contributed by atoms with Crippen molar-refractivity contribution in [1.82, 2.24) is 0 Å². The molecule has 2 rings (SSSR count). The summed E-state index contributed by atoms with van der Waals surface area (Å²) in [5, 5.41) is 0. The number of rotatable bonds is 3. The summed E-state index contributed by atoms with van der Waals surface area (Å²) in [6, 6.07) is 4.12. The highest BCUT2D eigenvalue weighted by Gasteiger charge is 2.34. The van der Waals surface area contributed by atoms with Gasteiger partial charge in [0.1, 0.15) is 5.76 Å². The number of hydrogen-bond acceptors (Lipinski definition) is 2. The zero-order chi connectivity index (χ0) is 10.6. The fourth-order valence-corrected chi connectivity index (χ4v) is 2.88. The minimum atomic E-state index is 0.245. The summed E-state index contributed by atoms with van der Waals surface area (Å²) < 4.78 is 5.63. The standard InChI is InChI=1S/C13H21NO/c14-10-9-13(12-6-5-11-15-12)7-3-1-2-4-8-13/h5-6,11H,1-4,7-10,14H2. The third-order valence-corrected chi connectivity index (χ3v) is 3.73. The molecule has 1 fully saturated rings. The summed E-state index contributed by atoms with van der Waals surface area (Å²) in [6.45, 7) is 0.765. The Morgan fingerprint density at radius 3 is 2.47 bits per heavy atom. The van der Waals surface area contributed by atoms with Crippen LogP contribution >= 0.6 is 0 Å². The highest BCUT2D eigenvalue weighted by Crippen LogP contribution is 2.40. The molecule has 2 N–H and O–H groups in total. The fourth-order valence-electron chi connectivity index (χ4n) is 2.88. The molecule has 0 spiro atoms. The summed E-state index contributed by atoms with van der Waals surface area (Å²) in [6.07, 6.45) is 10.7. The molecule has 0 radical (unpaired) electrons. The van der Waals surface area contributed by atoms with Crippen molar-refractivity contribution in [2.45, 2.75) is 50.4 Å². The first kappa shape index (κ1) is 10.7. The van der Waals surface area contributed by atoms with Crippen LogP contribution in [0.4, 0.5) is 0 Å². The van der Waals surface area contributed by atoms with Crippen molar-refractivity contribution in [1.29, 1.82) is 0 Å². The van der Waals surface area contributed by atoms with Gasteiger partial charge in [0.2, 0.25) is 0 Å². The maximum atomic E-state index is 5.76. The summed E-state index contributed by atoms with van der Waals surface area (Å²) in [7, 11) is 0. The molecule has 1 aromatic heterocycles. The monoisotopic (exact) mass is 207 g/mol. The van der Waals surface area contributed by atoms with Gasteiger partial charge in [0.15, 0.2) is 0 Å². The smallest absolute Gasteiger partial charge is 0.109 e. The molecular weight excluding hydrogens is 186 g/mol. The average Bonchev–Trinajstić information content (AvgIpc) is 2.68. The first-order valence-electron chi connectivity index (χ1n) is 6.11. The van der Waals surface area contributed by atoms with E-state index in [1.165, 1.54) is 38.5 Å². The molecule has 1 heterocycles. The van der Waals surface area contributed by atoms with Gasteiger partial charge in [-0.3, -0.25) is 0 Å². The number of furan rings is 1. The first-order chi connectivity index (χ1) is 7.37. The van der Waals surface area contributed by atoms with Crippen molar-refractivity contribution in [3.63, 3.8) is 0 Å². The second-order valence-corrected chi connectivity index (χ2v) is 4.71. The van der Waals surface area contributed by atoms with Crippen LogP contribution in [0.5, 0.6) is 0 Å². The third kappa shape index (κ3) is 2.25. The predicted molar refractivity (Wildman–Crippen MR) is 61.8 cm³/mol. The molecule has 15 heavy (non-hydrogen) atoms. The van der Waals surface area contributed by atoms with Crippen LogP contribution in [0.15, 0.2) is 22.8 Å². The van der Waals surface area contributed by atoms with Crippen LogP contribution in [-0.4, -0.2) is 6.54 Å². The Hall–Kier alpha value is -0.760. The van der Waals surface area contributed by atoms with Crippen LogP contribution in [0.1, 0.15) is 50.7 Å². The van der Waals surface area contributed by atoms with E-state index in [2.05, 4.69) is 6.07 Å². The molecule has 0 unspecified atom stereocenters. The maximum Gasteiger partial charge on any atom is 0.109 e. The molecule has 0 bridgehead atoms. The van der Waals surface area contributed by atoms with Gasteiger partial charge in [0.25, 0.3) is 0 Å². The van der Waals surface area contributed by atoms with E-state index in [1.54, 1.807) is 6.26 Å². The minimum Gasteiger partial charge on any atom is -0.469 e. The van der Waals surface area contributed by atoms with Gasteiger partial charge in [0.05, 0.1) is 6.26 Å². The lowest BCUT2D eigenvalue weighted by Gasteiger charge is -2.30. The van der Waals surface area contributed by atoms with E-state index in [-0.39, 0.29) is 5.41 Å². The average molecular weight is 207 g/mol. The fraction of sp³-hybridized carbons (Fsp3) is 0.692. The van der Waals surface area contributed by atoms with Gasteiger partial charge in [-0.25, -0.2) is 0 Å². The Labute approximate surface area is 91.8 Å². The van der Waals surface area contributed by atoms with Crippen molar-refractivity contribution in [3.8, 4) is 0 Å². The van der Waals surface area contributed by atoms with Gasteiger partial charge in [-0.05, 0) is 37.9 Å². The van der Waals surface area contributed by atoms with E-state index in [4.69, 9.17) is 10.2 Å². The largest absolute Gasteiger partial charge is 0.469 e.